The minimum Gasteiger partial charge on any atom is -0.394 e. The Labute approximate surface area is 112 Å². The molecular weight excluding hydrogens is 256 g/mol. The van der Waals surface area contributed by atoms with Gasteiger partial charge < -0.3 is 15.7 Å². The maximum absolute atomic E-state index is 9.33. The first-order chi connectivity index (χ1) is 7.79. The maximum atomic E-state index is 9.33. The van der Waals surface area contributed by atoms with Crippen LogP contribution in [-0.2, 0) is 0 Å². The topological polar surface area (TPSA) is 49.5 Å². The average Bonchev–Trinajstić information content (AvgIpc) is 2.27. The molecule has 0 amide bonds. The Bertz CT molecular complexity index is 435. The largest absolute Gasteiger partial charge is 0.394 e. The van der Waals surface area contributed by atoms with Gasteiger partial charge >= 0.3 is 0 Å². The second-order valence-electron chi connectivity index (χ2n) is 4.56. The summed E-state index contributed by atoms with van der Waals surface area (Å²) in [6.07, 6.45) is 0. The molecule has 0 radical (unpaired) electrons. The van der Waals surface area contributed by atoms with Crippen LogP contribution in [0.5, 0.6) is 0 Å². The van der Waals surface area contributed by atoms with Gasteiger partial charge in [0.2, 0.25) is 0 Å². The van der Waals surface area contributed by atoms with Crippen molar-refractivity contribution < 1.29 is 5.11 Å². The number of nitrogens with zero attached hydrogens (tertiary/aromatic N) is 1. The van der Waals surface area contributed by atoms with E-state index in [0.29, 0.717) is 10.0 Å². The Hall–Kier alpha value is -0.840. The minimum atomic E-state index is -0.381. The highest BCUT2D eigenvalue weighted by Crippen LogP contribution is 2.30. The van der Waals surface area contributed by atoms with E-state index in [9.17, 15) is 5.11 Å². The zero-order chi connectivity index (χ0) is 13.2. The summed E-state index contributed by atoms with van der Waals surface area (Å²) < 4.78 is 0. The van der Waals surface area contributed by atoms with Crippen LogP contribution < -0.4 is 10.6 Å². The molecule has 0 aromatic heterocycles. The van der Waals surface area contributed by atoms with Crippen LogP contribution >= 0.6 is 23.8 Å². The molecule has 0 fully saturated rings. The fourth-order valence-electron chi connectivity index (χ4n) is 1.36. The van der Waals surface area contributed by atoms with Crippen LogP contribution in [0.3, 0.4) is 0 Å². The Morgan fingerprint density at radius 1 is 1.53 bits per heavy atom. The molecule has 17 heavy (non-hydrogen) atoms. The van der Waals surface area contributed by atoms with Crippen LogP contribution in [0.2, 0.25) is 5.02 Å². The lowest BCUT2D eigenvalue weighted by Gasteiger charge is -2.36. The number of hydrogen-bond acceptors (Lipinski definition) is 3. The standard InChI is InChI=1S/C12H17ClN2OS/c1-12(2,7-16)15(3)10-5-4-8(11(14)17)6-9(10)13/h4-6,16H,7H2,1-3H3,(H2,14,17). The second kappa shape index (κ2) is 5.21. The van der Waals surface area contributed by atoms with E-state index in [4.69, 9.17) is 29.6 Å². The molecule has 0 aliphatic rings. The highest BCUT2D eigenvalue weighted by Gasteiger charge is 2.24. The number of aliphatic hydroxyl groups excluding tert-OH is 1. The molecule has 0 spiro atoms. The summed E-state index contributed by atoms with van der Waals surface area (Å²) in [6.45, 7) is 3.91. The number of likely N-dealkylation sites (N-methyl/N-ethyl adjacent to an activating group) is 1. The van der Waals surface area contributed by atoms with Gasteiger partial charge in [-0.1, -0.05) is 23.8 Å². The Balaban J connectivity index is 3.12. The molecule has 1 aromatic rings. The van der Waals surface area contributed by atoms with Gasteiger partial charge in [-0.15, -0.1) is 0 Å². The molecule has 0 saturated carbocycles. The smallest absolute Gasteiger partial charge is 0.104 e. The fourth-order valence-corrected chi connectivity index (χ4v) is 1.80. The lowest BCUT2D eigenvalue weighted by atomic mass is 10.0. The maximum Gasteiger partial charge on any atom is 0.104 e. The van der Waals surface area contributed by atoms with Crippen LogP contribution in [0.15, 0.2) is 18.2 Å². The summed E-state index contributed by atoms with van der Waals surface area (Å²) in [4.78, 5) is 2.25. The minimum absolute atomic E-state index is 0.0386. The Kier molecular flexibility index (Phi) is 4.36. The summed E-state index contributed by atoms with van der Waals surface area (Å²) >= 11 is 11.1. The van der Waals surface area contributed by atoms with E-state index in [2.05, 4.69) is 0 Å². The summed E-state index contributed by atoms with van der Waals surface area (Å²) in [6, 6.07) is 5.42. The molecule has 0 unspecified atom stereocenters. The monoisotopic (exact) mass is 272 g/mol. The number of halogens is 1. The molecule has 0 aliphatic heterocycles. The summed E-state index contributed by atoms with van der Waals surface area (Å²) in [5.41, 5.74) is 6.74. The average molecular weight is 273 g/mol. The van der Waals surface area contributed by atoms with Crippen LogP contribution in [0.1, 0.15) is 19.4 Å². The number of nitrogens with two attached hydrogens (primary N) is 1. The fraction of sp³-hybridized carbons (Fsp3) is 0.417. The Morgan fingerprint density at radius 3 is 2.53 bits per heavy atom. The zero-order valence-corrected chi connectivity index (χ0v) is 11.8. The molecule has 1 aromatic carbocycles. The van der Waals surface area contributed by atoms with Crippen molar-refractivity contribution >= 4 is 34.5 Å². The number of aliphatic hydroxyl groups is 1. The first-order valence-corrected chi connectivity index (χ1v) is 6.02. The molecule has 0 aliphatic carbocycles. The first kappa shape index (κ1) is 14.2. The third kappa shape index (κ3) is 3.09. The van der Waals surface area contributed by atoms with Gasteiger partial charge in [0.1, 0.15) is 4.99 Å². The van der Waals surface area contributed by atoms with Crippen LogP contribution in [0, 0.1) is 0 Å². The van der Waals surface area contributed by atoms with Crippen molar-refractivity contribution in [1.29, 1.82) is 0 Å². The number of thiocarbonyl (C=S) groups is 1. The molecule has 0 heterocycles. The van der Waals surface area contributed by atoms with Crippen LogP contribution in [0.4, 0.5) is 5.69 Å². The quantitative estimate of drug-likeness (QED) is 0.825. The molecular formula is C12H17ClN2OS. The van der Waals surface area contributed by atoms with Gasteiger partial charge in [-0.2, -0.15) is 0 Å². The molecule has 0 bridgehead atoms. The third-order valence-electron chi connectivity index (χ3n) is 2.89. The molecule has 3 N–H and O–H groups in total. The van der Waals surface area contributed by atoms with Gasteiger partial charge in [0.15, 0.2) is 0 Å². The van der Waals surface area contributed by atoms with Crippen molar-refractivity contribution in [1.82, 2.24) is 0 Å². The first-order valence-electron chi connectivity index (χ1n) is 5.23. The predicted molar refractivity (Wildman–Crippen MR) is 76.9 cm³/mol. The number of rotatable bonds is 4. The van der Waals surface area contributed by atoms with Gasteiger partial charge in [-0.3, -0.25) is 0 Å². The van der Waals surface area contributed by atoms with Crippen molar-refractivity contribution in [3.8, 4) is 0 Å². The molecule has 3 nitrogen and oxygen atoms in total. The number of benzene rings is 1. The van der Waals surface area contributed by atoms with Gasteiger partial charge in [0.05, 0.1) is 22.9 Å². The van der Waals surface area contributed by atoms with Gasteiger partial charge in [0, 0.05) is 12.6 Å². The van der Waals surface area contributed by atoms with E-state index in [1.165, 1.54) is 0 Å². The van der Waals surface area contributed by atoms with E-state index >= 15 is 0 Å². The lowest BCUT2D eigenvalue weighted by Crippen LogP contribution is -2.44. The van der Waals surface area contributed by atoms with Crippen molar-refractivity contribution in [3.05, 3.63) is 28.8 Å². The molecule has 0 atom stereocenters. The normalized spacial score (nSPS) is 11.4. The van der Waals surface area contributed by atoms with Crippen LogP contribution in [0.25, 0.3) is 0 Å². The van der Waals surface area contributed by atoms with Crippen molar-refractivity contribution in [3.63, 3.8) is 0 Å². The van der Waals surface area contributed by atoms with Gasteiger partial charge in [-0.25, -0.2) is 0 Å². The van der Waals surface area contributed by atoms with Crippen molar-refractivity contribution in [2.45, 2.75) is 19.4 Å². The lowest BCUT2D eigenvalue weighted by molar-refractivity contribution is 0.216. The Morgan fingerprint density at radius 2 is 2.12 bits per heavy atom. The second-order valence-corrected chi connectivity index (χ2v) is 5.41. The zero-order valence-electron chi connectivity index (χ0n) is 10.2. The summed E-state index contributed by atoms with van der Waals surface area (Å²) in [7, 11) is 1.89. The molecule has 1 rings (SSSR count). The van der Waals surface area contributed by atoms with Gasteiger partial charge in [-0.05, 0) is 32.0 Å². The van der Waals surface area contributed by atoms with E-state index in [1.807, 2.05) is 37.9 Å². The van der Waals surface area contributed by atoms with Crippen LogP contribution in [-0.4, -0.2) is 29.3 Å². The molecule has 0 saturated heterocycles. The highest BCUT2D eigenvalue weighted by atomic mass is 35.5. The van der Waals surface area contributed by atoms with E-state index in [-0.39, 0.29) is 12.1 Å². The van der Waals surface area contributed by atoms with Crippen molar-refractivity contribution in [2.24, 2.45) is 5.73 Å². The van der Waals surface area contributed by atoms with Crippen molar-refractivity contribution in [2.75, 3.05) is 18.6 Å². The summed E-state index contributed by atoms with van der Waals surface area (Å²) in [5, 5.41) is 9.90. The van der Waals surface area contributed by atoms with E-state index < -0.39 is 0 Å². The SMILES string of the molecule is CN(c1ccc(C(N)=S)cc1Cl)C(C)(C)CO. The predicted octanol–water partition coefficient (Wildman–Crippen LogP) is 2.18. The summed E-state index contributed by atoms with van der Waals surface area (Å²) in [5.74, 6) is 0. The number of anilines is 1. The molecule has 5 heteroatoms. The number of hydrogen-bond donors (Lipinski definition) is 2. The van der Waals surface area contributed by atoms with E-state index in [1.54, 1.807) is 6.07 Å². The molecule has 94 valence electrons. The highest BCUT2D eigenvalue weighted by molar-refractivity contribution is 7.80. The van der Waals surface area contributed by atoms with E-state index in [0.717, 1.165) is 11.3 Å². The van der Waals surface area contributed by atoms with Gasteiger partial charge in [0.25, 0.3) is 0 Å². The third-order valence-corrected chi connectivity index (χ3v) is 3.43.